The number of carboxylic acids is 1. The first-order valence-electron chi connectivity index (χ1n) is 8.60. The first kappa shape index (κ1) is 16.1. The molecule has 1 aliphatic rings. The van der Waals surface area contributed by atoms with Gasteiger partial charge in [-0.3, -0.25) is 4.79 Å². The maximum atomic E-state index is 11.4. The molecule has 124 valence electrons. The molecular weight excluding hydrogens is 290 g/mol. The summed E-state index contributed by atoms with van der Waals surface area (Å²) in [4.78, 5) is 15.0. The second-order valence-corrected chi connectivity index (χ2v) is 6.48. The van der Waals surface area contributed by atoms with Crippen molar-refractivity contribution in [2.24, 2.45) is 0 Å². The van der Waals surface area contributed by atoms with E-state index in [1.54, 1.807) is 0 Å². The smallest absolute Gasteiger partial charge is 0.306 e. The van der Waals surface area contributed by atoms with E-state index in [0.29, 0.717) is 6.61 Å². The number of hydrogen-bond acceptors (Lipinski definition) is 2. The van der Waals surface area contributed by atoms with E-state index < -0.39 is 11.6 Å². The van der Waals surface area contributed by atoms with Crippen LogP contribution in [0.25, 0.3) is 10.9 Å². The molecule has 0 saturated heterocycles. The number of aromatic amines is 1. The lowest BCUT2D eigenvalue weighted by atomic mass is 9.85. The van der Waals surface area contributed by atoms with E-state index in [1.807, 2.05) is 0 Å². The average Bonchev–Trinajstić information content (AvgIpc) is 2.89. The molecule has 2 aromatic rings. The largest absolute Gasteiger partial charge is 0.481 e. The number of aryl methyl sites for hydroxylation is 1. The lowest BCUT2D eigenvalue weighted by Gasteiger charge is -2.36. The Balaban J connectivity index is 2.19. The molecule has 1 aliphatic heterocycles. The molecule has 0 spiro atoms. The number of H-pyrrole nitrogens is 1. The molecule has 23 heavy (non-hydrogen) atoms. The standard InChI is InChI=1S/C19H25NO3/c1-3-6-13-7-5-8-14-15-9-11-23-19(10-4-2,12-16(21)22)18(15)20-17(13)14/h5,7-8,20H,3-4,6,9-12H2,1-2H3,(H,21,22). The highest BCUT2D eigenvalue weighted by molar-refractivity contribution is 5.88. The van der Waals surface area contributed by atoms with E-state index in [-0.39, 0.29) is 6.42 Å². The second kappa shape index (κ2) is 6.36. The van der Waals surface area contributed by atoms with Crippen LogP contribution in [0.5, 0.6) is 0 Å². The van der Waals surface area contributed by atoms with Crippen molar-refractivity contribution in [1.29, 1.82) is 0 Å². The minimum atomic E-state index is -0.807. The quantitative estimate of drug-likeness (QED) is 0.841. The highest BCUT2D eigenvalue weighted by Gasteiger charge is 2.41. The summed E-state index contributed by atoms with van der Waals surface area (Å²) < 4.78 is 6.06. The van der Waals surface area contributed by atoms with E-state index >= 15 is 0 Å². The molecule has 2 heterocycles. The number of benzene rings is 1. The van der Waals surface area contributed by atoms with Gasteiger partial charge in [0.2, 0.25) is 0 Å². The highest BCUT2D eigenvalue weighted by atomic mass is 16.5. The summed E-state index contributed by atoms with van der Waals surface area (Å²) in [5.41, 5.74) is 4.00. The van der Waals surface area contributed by atoms with Gasteiger partial charge in [0.15, 0.2) is 0 Å². The van der Waals surface area contributed by atoms with Crippen LogP contribution in [-0.4, -0.2) is 22.7 Å². The number of fused-ring (bicyclic) bond motifs is 3. The number of para-hydroxylation sites is 1. The zero-order valence-corrected chi connectivity index (χ0v) is 13.9. The van der Waals surface area contributed by atoms with E-state index in [0.717, 1.165) is 43.3 Å². The second-order valence-electron chi connectivity index (χ2n) is 6.48. The lowest BCUT2D eigenvalue weighted by Crippen LogP contribution is -2.37. The molecule has 0 amide bonds. The van der Waals surface area contributed by atoms with Crippen LogP contribution in [0.2, 0.25) is 0 Å². The first-order valence-corrected chi connectivity index (χ1v) is 8.60. The maximum Gasteiger partial charge on any atom is 0.306 e. The van der Waals surface area contributed by atoms with Crippen molar-refractivity contribution in [3.63, 3.8) is 0 Å². The highest BCUT2D eigenvalue weighted by Crippen LogP contribution is 2.42. The Morgan fingerprint density at radius 3 is 2.87 bits per heavy atom. The zero-order chi connectivity index (χ0) is 16.4. The average molecular weight is 315 g/mol. The molecule has 3 rings (SSSR count). The molecule has 0 radical (unpaired) electrons. The predicted molar refractivity (Wildman–Crippen MR) is 90.8 cm³/mol. The molecule has 2 N–H and O–H groups in total. The van der Waals surface area contributed by atoms with Crippen molar-refractivity contribution in [2.75, 3.05) is 6.61 Å². The fourth-order valence-electron chi connectivity index (χ4n) is 3.95. The Kier molecular flexibility index (Phi) is 4.44. The minimum absolute atomic E-state index is 0.0176. The topological polar surface area (TPSA) is 62.3 Å². The van der Waals surface area contributed by atoms with Gasteiger partial charge in [-0.05, 0) is 30.4 Å². The minimum Gasteiger partial charge on any atom is -0.481 e. The molecule has 4 heteroatoms. The van der Waals surface area contributed by atoms with Crippen molar-refractivity contribution in [2.45, 2.75) is 58.0 Å². The Hall–Kier alpha value is -1.81. The Bertz CT molecular complexity index is 719. The summed E-state index contributed by atoms with van der Waals surface area (Å²) in [7, 11) is 0. The van der Waals surface area contributed by atoms with Gasteiger partial charge >= 0.3 is 5.97 Å². The van der Waals surface area contributed by atoms with Gasteiger partial charge in [0.05, 0.1) is 18.7 Å². The number of hydrogen-bond donors (Lipinski definition) is 2. The first-order chi connectivity index (χ1) is 11.1. The summed E-state index contributed by atoms with van der Waals surface area (Å²) in [5, 5.41) is 10.6. The van der Waals surface area contributed by atoms with Crippen molar-refractivity contribution in [1.82, 2.24) is 4.98 Å². The van der Waals surface area contributed by atoms with Crippen molar-refractivity contribution >= 4 is 16.9 Å². The molecule has 0 bridgehead atoms. The number of aliphatic carboxylic acids is 1. The monoisotopic (exact) mass is 315 g/mol. The van der Waals surface area contributed by atoms with Gasteiger partial charge in [-0.1, -0.05) is 44.9 Å². The van der Waals surface area contributed by atoms with Gasteiger partial charge in [0, 0.05) is 10.9 Å². The molecule has 1 aromatic carbocycles. The summed E-state index contributed by atoms with van der Waals surface area (Å²) >= 11 is 0. The van der Waals surface area contributed by atoms with Crippen LogP contribution in [0, 0.1) is 0 Å². The molecule has 4 nitrogen and oxygen atoms in total. The predicted octanol–water partition coefficient (Wildman–Crippen LogP) is 4.16. The van der Waals surface area contributed by atoms with Gasteiger partial charge in [0.1, 0.15) is 5.60 Å². The van der Waals surface area contributed by atoms with Crippen LogP contribution in [-0.2, 0) is 28.0 Å². The number of nitrogens with one attached hydrogen (secondary N) is 1. The van der Waals surface area contributed by atoms with E-state index in [9.17, 15) is 9.90 Å². The Morgan fingerprint density at radius 2 is 2.17 bits per heavy atom. The van der Waals surface area contributed by atoms with Crippen molar-refractivity contribution in [3.8, 4) is 0 Å². The molecular formula is C19H25NO3. The van der Waals surface area contributed by atoms with Crippen molar-refractivity contribution < 1.29 is 14.6 Å². The number of ether oxygens (including phenoxy) is 1. The molecule has 1 atom stereocenters. The number of aromatic nitrogens is 1. The third-order valence-corrected chi connectivity index (χ3v) is 4.82. The molecule has 1 aromatic heterocycles. The normalized spacial score (nSPS) is 20.6. The SMILES string of the molecule is CCCc1cccc2c3c([nH]c12)C(CCC)(CC(=O)O)OCC3. The Labute approximate surface area is 136 Å². The fraction of sp³-hybridized carbons (Fsp3) is 0.526. The van der Waals surface area contributed by atoms with Crippen LogP contribution in [0.15, 0.2) is 18.2 Å². The third-order valence-electron chi connectivity index (χ3n) is 4.82. The summed E-state index contributed by atoms with van der Waals surface area (Å²) in [6.07, 6.45) is 4.59. The van der Waals surface area contributed by atoms with Crippen LogP contribution in [0.4, 0.5) is 0 Å². The molecule has 0 fully saturated rings. The number of rotatable bonds is 6. The van der Waals surface area contributed by atoms with E-state index in [1.165, 1.54) is 16.5 Å². The van der Waals surface area contributed by atoms with Gasteiger partial charge in [-0.15, -0.1) is 0 Å². The summed E-state index contributed by atoms with van der Waals surface area (Å²) in [6.45, 7) is 4.84. The number of carbonyl (C=O) groups is 1. The summed E-state index contributed by atoms with van der Waals surface area (Å²) in [6, 6.07) is 6.41. The van der Waals surface area contributed by atoms with Crippen LogP contribution >= 0.6 is 0 Å². The van der Waals surface area contributed by atoms with E-state index in [2.05, 4.69) is 37.0 Å². The molecule has 0 aliphatic carbocycles. The molecule has 0 saturated carbocycles. The van der Waals surface area contributed by atoms with Gasteiger partial charge in [0.25, 0.3) is 0 Å². The fourth-order valence-corrected chi connectivity index (χ4v) is 3.95. The van der Waals surface area contributed by atoms with Gasteiger partial charge in [-0.2, -0.15) is 0 Å². The van der Waals surface area contributed by atoms with Gasteiger partial charge in [-0.25, -0.2) is 0 Å². The third kappa shape index (κ3) is 2.76. The van der Waals surface area contributed by atoms with Crippen molar-refractivity contribution in [3.05, 3.63) is 35.0 Å². The van der Waals surface area contributed by atoms with Gasteiger partial charge < -0.3 is 14.8 Å². The van der Waals surface area contributed by atoms with Crippen LogP contribution < -0.4 is 0 Å². The molecule has 1 unspecified atom stereocenters. The van der Waals surface area contributed by atoms with Crippen LogP contribution in [0.3, 0.4) is 0 Å². The summed E-state index contributed by atoms with van der Waals surface area (Å²) in [5.74, 6) is -0.807. The maximum absolute atomic E-state index is 11.4. The van der Waals surface area contributed by atoms with E-state index in [4.69, 9.17) is 4.74 Å². The Morgan fingerprint density at radius 1 is 1.35 bits per heavy atom. The zero-order valence-electron chi connectivity index (χ0n) is 13.9. The lowest BCUT2D eigenvalue weighted by molar-refractivity contribution is -0.149. The van der Waals surface area contributed by atoms with Crippen LogP contribution in [0.1, 0.15) is 56.4 Å². The number of carboxylic acid groups (broad SMARTS) is 1.